The first-order valence-corrected chi connectivity index (χ1v) is 10.4. The van der Waals surface area contributed by atoms with Crippen molar-refractivity contribution in [3.05, 3.63) is 0 Å². The Bertz CT molecular complexity index is 350. The highest BCUT2D eigenvalue weighted by atomic mass is 16.5. The molecular weight excluding hydrogens is 332 g/mol. The van der Waals surface area contributed by atoms with Crippen LogP contribution in [0.3, 0.4) is 0 Å². The second-order valence-corrected chi connectivity index (χ2v) is 6.97. The molecule has 0 atom stereocenters. The molecule has 0 bridgehead atoms. The molecule has 0 spiro atoms. The fourth-order valence-electron chi connectivity index (χ4n) is 3.35. The molecule has 0 saturated heterocycles. The van der Waals surface area contributed by atoms with Crippen LogP contribution >= 0.6 is 0 Å². The van der Waals surface area contributed by atoms with E-state index >= 15 is 0 Å². The minimum Gasteiger partial charge on any atom is -0.460 e. The van der Waals surface area contributed by atoms with E-state index in [1.807, 2.05) is 0 Å². The molecule has 6 nitrogen and oxygen atoms in total. The Balaban J connectivity index is 4.04. The molecule has 0 aromatic heterocycles. The molecule has 0 amide bonds. The van der Waals surface area contributed by atoms with Gasteiger partial charge in [0.2, 0.25) is 0 Å². The Kier molecular flexibility index (Phi) is 12.5. The summed E-state index contributed by atoms with van der Waals surface area (Å²) in [4.78, 5) is 23.7. The molecule has 0 heterocycles. The van der Waals surface area contributed by atoms with Gasteiger partial charge < -0.3 is 18.4 Å². The van der Waals surface area contributed by atoms with Gasteiger partial charge in [0.1, 0.15) is 26.3 Å². The molecule has 0 fully saturated rings. The Morgan fingerprint density at radius 3 is 1.08 bits per heavy atom. The SMILES string of the molecule is CC[N+](CC)(CC)CCOC(=O)CCC(=O)OCC[N+](CC)(CC)CC. The number of esters is 2. The summed E-state index contributed by atoms with van der Waals surface area (Å²) in [6, 6.07) is 0. The number of hydrogen-bond donors (Lipinski definition) is 0. The van der Waals surface area contributed by atoms with Gasteiger partial charge in [0.15, 0.2) is 0 Å². The number of ether oxygens (including phenoxy) is 2. The molecule has 26 heavy (non-hydrogen) atoms. The van der Waals surface area contributed by atoms with E-state index in [2.05, 4.69) is 41.5 Å². The van der Waals surface area contributed by atoms with E-state index in [-0.39, 0.29) is 24.8 Å². The van der Waals surface area contributed by atoms with Crippen molar-refractivity contribution in [1.29, 1.82) is 0 Å². The number of carbonyl (C=O) groups is 2. The summed E-state index contributed by atoms with van der Waals surface area (Å²) in [5, 5.41) is 0. The first kappa shape index (κ1) is 24.9. The van der Waals surface area contributed by atoms with E-state index in [4.69, 9.17) is 9.47 Å². The maximum atomic E-state index is 11.8. The van der Waals surface area contributed by atoms with Gasteiger partial charge in [0.05, 0.1) is 52.1 Å². The molecule has 0 rings (SSSR count). The Hall–Kier alpha value is -1.14. The van der Waals surface area contributed by atoms with Gasteiger partial charge in [-0.05, 0) is 41.5 Å². The van der Waals surface area contributed by atoms with Crippen LogP contribution in [-0.4, -0.2) is 86.5 Å². The lowest BCUT2D eigenvalue weighted by molar-refractivity contribution is -0.923. The Labute approximate surface area is 160 Å². The predicted molar refractivity (Wildman–Crippen MR) is 105 cm³/mol. The largest absolute Gasteiger partial charge is 0.460 e. The zero-order valence-electron chi connectivity index (χ0n) is 18.0. The zero-order chi connectivity index (χ0) is 20.1. The van der Waals surface area contributed by atoms with Crippen molar-refractivity contribution in [2.24, 2.45) is 0 Å². The molecule has 154 valence electrons. The second-order valence-electron chi connectivity index (χ2n) is 6.97. The summed E-state index contributed by atoms with van der Waals surface area (Å²) in [5.41, 5.74) is 0. The first-order chi connectivity index (χ1) is 12.4. The molecule has 0 saturated carbocycles. The van der Waals surface area contributed by atoms with Crippen LogP contribution < -0.4 is 0 Å². The Morgan fingerprint density at radius 1 is 0.577 bits per heavy atom. The fraction of sp³-hybridized carbons (Fsp3) is 0.900. The van der Waals surface area contributed by atoms with Crippen LogP contribution in [0.2, 0.25) is 0 Å². The standard InChI is InChI=1S/C20H42N2O4/c1-7-21(8-2,9-3)15-17-25-19(23)13-14-20(24)26-18-16-22(10-4,11-5)12-6/h7-18H2,1-6H3/q+2. The van der Waals surface area contributed by atoms with Crippen molar-refractivity contribution in [3.8, 4) is 0 Å². The van der Waals surface area contributed by atoms with Crippen molar-refractivity contribution in [3.63, 3.8) is 0 Å². The third kappa shape index (κ3) is 8.49. The molecule has 0 aliphatic heterocycles. The summed E-state index contributed by atoms with van der Waals surface area (Å²) in [6.45, 7) is 21.6. The summed E-state index contributed by atoms with van der Waals surface area (Å²) in [6.07, 6.45) is 0.192. The van der Waals surface area contributed by atoms with Crippen LogP contribution in [0.4, 0.5) is 0 Å². The maximum absolute atomic E-state index is 11.8. The lowest BCUT2D eigenvalue weighted by Crippen LogP contribution is -2.49. The van der Waals surface area contributed by atoms with Gasteiger partial charge >= 0.3 is 11.9 Å². The maximum Gasteiger partial charge on any atom is 0.306 e. The number of rotatable bonds is 15. The summed E-state index contributed by atoms with van der Waals surface area (Å²) in [7, 11) is 0. The van der Waals surface area contributed by atoms with Gasteiger partial charge in [0.25, 0.3) is 0 Å². The smallest absolute Gasteiger partial charge is 0.306 e. The van der Waals surface area contributed by atoms with Crippen LogP contribution in [-0.2, 0) is 19.1 Å². The predicted octanol–water partition coefficient (Wildman–Crippen LogP) is 2.61. The van der Waals surface area contributed by atoms with Crippen molar-refractivity contribution in [1.82, 2.24) is 0 Å². The van der Waals surface area contributed by atoms with Gasteiger partial charge in [-0.3, -0.25) is 9.59 Å². The second kappa shape index (κ2) is 13.1. The number of nitrogens with zero attached hydrogens (tertiary/aromatic N) is 2. The minimum atomic E-state index is -0.316. The molecule has 0 aliphatic carbocycles. The number of quaternary nitrogens is 2. The third-order valence-electron chi connectivity index (χ3n) is 6.22. The van der Waals surface area contributed by atoms with E-state index in [0.717, 1.165) is 61.3 Å². The van der Waals surface area contributed by atoms with Gasteiger partial charge in [-0.25, -0.2) is 0 Å². The monoisotopic (exact) mass is 374 g/mol. The quantitative estimate of drug-likeness (QED) is 0.327. The Morgan fingerprint density at radius 2 is 0.846 bits per heavy atom. The molecule has 0 aliphatic rings. The first-order valence-electron chi connectivity index (χ1n) is 10.4. The third-order valence-corrected chi connectivity index (χ3v) is 6.22. The van der Waals surface area contributed by atoms with E-state index in [9.17, 15) is 9.59 Å². The molecule has 0 N–H and O–H groups in total. The van der Waals surface area contributed by atoms with Crippen LogP contribution in [0.15, 0.2) is 0 Å². The summed E-state index contributed by atoms with van der Waals surface area (Å²) in [5.74, 6) is -0.631. The van der Waals surface area contributed by atoms with Crippen LogP contribution in [0.1, 0.15) is 54.4 Å². The van der Waals surface area contributed by atoms with Crippen LogP contribution in [0.5, 0.6) is 0 Å². The van der Waals surface area contributed by atoms with Crippen molar-refractivity contribution in [2.45, 2.75) is 54.4 Å². The van der Waals surface area contributed by atoms with Crippen LogP contribution in [0.25, 0.3) is 0 Å². The molecule has 0 radical (unpaired) electrons. The molecule has 0 aromatic rings. The summed E-state index contributed by atoms with van der Waals surface area (Å²) >= 11 is 0. The molecule has 6 heteroatoms. The number of hydrogen-bond acceptors (Lipinski definition) is 4. The van der Waals surface area contributed by atoms with Crippen molar-refractivity contribution in [2.75, 3.05) is 65.6 Å². The van der Waals surface area contributed by atoms with Gasteiger partial charge in [-0.1, -0.05) is 0 Å². The average molecular weight is 375 g/mol. The van der Waals surface area contributed by atoms with Crippen molar-refractivity contribution >= 4 is 11.9 Å². The van der Waals surface area contributed by atoms with E-state index < -0.39 is 0 Å². The fourth-order valence-corrected chi connectivity index (χ4v) is 3.35. The highest BCUT2D eigenvalue weighted by Gasteiger charge is 2.22. The lowest BCUT2D eigenvalue weighted by atomic mass is 10.3. The highest BCUT2D eigenvalue weighted by molar-refractivity contribution is 5.77. The lowest BCUT2D eigenvalue weighted by Gasteiger charge is -2.35. The normalized spacial score (nSPS) is 12.1. The summed E-state index contributed by atoms with van der Waals surface area (Å²) < 4.78 is 12.5. The number of carbonyl (C=O) groups excluding carboxylic acids is 2. The van der Waals surface area contributed by atoms with Gasteiger partial charge in [-0.15, -0.1) is 0 Å². The number of likely N-dealkylation sites (N-methyl/N-ethyl adjacent to an activating group) is 2. The molecule has 0 unspecified atom stereocenters. The average Bonchev–Trinajstić information content (AvgIpc) is 2.68. The molecular formula is C20H42N2O4+2. The highest BCUT2D eigenvalue weighted by Crippen LogP contribution is 2.07. The minimum absolute atomic E-state index is 0.0958. The van der Waals surface area contributed by atoms with E-state index in [0.29, 0.717) is 13.2 Å². The molecule has 0 aromatic carbocycles. The van der Waals surface area contributed by atoms with Crippen molar-refractivity contribution < 1.29 is 28.0 Å². The van der Waals surface area contributed by atoms with E-state index in [1.54, 1.807) is 0 Å². The zero-order valence-corrected chi connectivity index (χ0v) is 18.0. The van der Waals surface area contributed by atoms with Gasteiger partial charge in [0, 0.05) is 0 Å². The van der Waals surface area contributed by atoms with E-state index in [1.165, 1.54) is 0 Å². The topological polar surface area (TPSA) is 52.6 Å². The van der Waals surface area contributed by atoms with Crippen LogP contribution in [0, 0.1) is 0 Å². The van der Waals surface area contributed by atoms with Gasteiger partial charge in [-0.2, -0.15) is 0 Å².